The quantitative estimate of drug-likeness (QED) is 0.755. The number of rotatable bonds is 7. The van der Waals surface area contributed by atoms with Gasteiger partial charge in [-0.1, -0.05) is 26.7 Å². The van der Waals surface area contributed by atoms with Crippen LogP contribution in [0.15, 0.2) is 16.3 Å². The standard InChI is InChI=1S/C15H26N2O2S2/c1-3-8-16-10-13-9-14(11-20-13)21(18,19)17-15-7-5-4-6-12(15)2/h9,11-12,15-17H,3-8,10H2,1-2H3. The van der Waals surface area contributed by atoms with Crippen LogP contribution in [0.1, 0.15) is 50.8 Å². The van der Waals surface area contributed by atoms with Crippen LogP contribution in [-0.4, -0.2) is 21.0 Å². The molecule has 0 bridgehead atoms. The van der Waals surface area contributed by atoms with Crippen LogP contribution in [0, 0.1) is 5.92 Å². The number of hydrogen-bond acceptors (Lipinski definition) is 4. The molecule has 2 unspecified atom stereocenters. The molecular weight excluding hydrogens is 304 g/mol. The van der Waals surface area contributed by atoms with Gasteiger partial charge in [0.05, 0.1) is 4.90 Å². The largest absolute Gasteiger partial charge is 0.312 e. The Morgan fingerprint density at radius 1 is 1.33 bits per heavy atom. The molecule has 2 atom stereocenters. The van der Waals surface area contributed by atoms with E-state index >= 15 is 0 Å². The molecule has 1 aromatic heterocycles. The molecule has 1 aliphatic carbocycles. The number of thiophene rings is 1. The maximum Gasteiger partial charge on any atom is 0.241 e. The second kappa shape index (κ2) is 7.72. The zero-order valence-corrected chi connectivity index (χ0v) is 14.5. The monoisotopic (exact) mass is 330 g/mol. The summed E-state index contributed by atoms with van der Waals surface area (Å²) in [5.74, 6) is 0.429. The molecule has 1 heterocycles. The van der Waals surface area contributed by atoms with Crippen molar-refractivity contribution >= 4 is 21.4 Å². The molecule has 6 heteroatoms. The van der Waals surface area contributed by atoms with Gasteiger partial charge in [0.15, 0.2) is 0 Å². The molecule has 0 saturated heterocycles. The molecule has 2 rings (SSSR count). The Bertz CT molecular complexity index is 540. The summed E-state index contributed by atoms with van der Waals surface area (Å²) in [5.41, 5.74) is 0. The second-order valence-corrected chi connectivity index (χ2v) is 8.62. The van der Waals surface area contributed by atoms with Crippen LogP contribution in [-0.2, 0) is 16.6 Å². The number of nitrogens with one attached hydrogen (secondary N) is 2. The fraction of sp³-hybridized carbons (Fsp3) is 0.733. The van der Waals surface area contributed by atoms with Gasteiger partial charge in [-0.15, -0.1) is 11.3 Å². The minimum absolute atomic E-state index is 0.0883. The highest BCUT2D eigenvalue weighted by Gasteiger charge is 2.27. The van der Waals surface area contributed by atoms with Crippen LogP contribution in [0.2, 0.25) is 0 Å². The van der Waals surface area contributed by atoms with E-state index in [9.17, 15) is 8.42 Å². The SMILES string of the molecule is CCCNCc1cc(S(=O)(=O)NC2CCCCC2C)cs1. The Hall–Kier alpha value is -0.430. The minimum Gasteiger partial charge on any atom is -0.312 e. The predicted molar refractivity (Wildman–Crippen MR) is 88.1 cm³/mol. The highest BCUT2D eigenvalue weighted by Crippen LogP contribution is 2.26. The van der Waals surface area contributed by atoms with Gasteiger partial charge in [0, 0.05) is 22.8 Å². The number of hydrogen-bond donors (Lipinski definition) is 2. The Balaban J connectivity index is 1.98. The van der Waals surface area contributed by atoms with Crippen molar-refractivity contribution in [2.45, 2.75) is 63.4 Å². The highest BCUT2D eigenvalue weighted by atomic mass is 32.2. The Morgan fingerprint density at radius 3 is 2.81 bits per heavy atom. The summed E-state index contributed by atoms with van der Waals surface area (Å²) in [6, 6.07) is 1.88. The van der Waals surface area contributed by atoms with Crippen molar-refractivity contribution in [2.75, 3.05) is 6.54 Å². The lowest BCUT2D eigenvalue weighted by molar-refractivity contribution is 0.310. The average Bonchev–Trinajstić information content (AvgIpc) is 2.91. The summed E-state index contributed by atoms with van der Waals surface area (Å²) in [7, 11) is -3.37. The van der Waals surface area contributed by atoms with Gasteiger partial charge in [-0.3, -0.25) is 0 Å². The van der Waals surface area contributed by atoms with Crippen molar-refractivity contribution in [3.05, 3.63) is 16.3 Å². The van der Waals surface area contributed by atoms with Crippen molar-refractivity contribution in [2.24, 2.45) is 5.92 Å². The van der Waals surface area contributed by atoms with Gasteiger partial charge >= 0.3 is 0 Å². The molecule has 0 radical (unpaired) electrons. The first-order chi connectivity index (χ1) is 10.0. The van der Waals surface area contributed by atoms with Crippen LogP contribution in [0.25, 0.3) is 0 Å². The van der Waals surface area contributed by atoms with E-state index in [-0.39, 0.29) is 6.04 Å². The molecule has 21 heavy (non-hydrogen) atoms. The van der Waals surface area contributed by atoms with Crippen molar-refractivity contribution in [3.8, 4) is 0 Å². The van der Waals surface area contributed by atoms with Crippen LogP contribution >= 0.6 is 11.3 Å². The third-order valence-corrected chi connectivity index (χ3v) is 6.64. The van der Waals surface area contributed by atoms with E-state index in [1.165, 1.54) is 17.8 Å². The van der Waals surface area contributed by atoms with Crippen molar-refractivity contribution in [1.29, 1.82) is 0 Å². The summed E-state index contributed by atoms with van der Waals surface area (Å²) >= 11 is 1.51. The van der Waals surface area contributed by atoms with Crippen LogP contribution in [0.3, 0.4) is 0 Å². The number of sulfonamides is 1. The lowest BCUT2D eigenvalue weighted by atomic mass is 9.87. The van der Waals surface area contributed by atoms with E-state index in [4.69, 9.17) is 0 Å². The summed E-state index contributed by atoms with van der Waals surface area (Å²) in [4.78, 5) is 1.49. The molecule has 120 valence electrons. The highest BCUT2D eigenvalue weighted by molar-refractivity contribution is 7.89. The first-order valence-electron chi connectivity index (χ1n) is 7.83. The molecule has 4 nitrogen and oxygen atoms in total. The molecule has 1 fully saturated rings. The molecule has 1 saturated carbocycles. The molecule has 0 aliphatic heterocycles. The van der Waals surface area contributed by atoms with Crippen LogP contribution in [0.4, 0.5) is 0 Å². The summed E-state index contributed by atoms with van der Waals surface area (Å²) in [6.45, 7) is 5.96. The summed E-state index contributed by atoms with van der Waals surface area (Å²) in [5, 5.41) is 5.05. The molecular formula is C15H26N2O2S2. The van der Waals surface area contributed by atoms with Crippen LogP contribution in [0.5, 0.6) is 0 Å². The molecule has 1 aromatic rings. The van der Waals surface area contributed by atoms with E-state index in [0.717, 1.165) is 43.6 Å². The van der Waals surface area contributed by atoms with E-state index in [1.54, 1.807) is 11.4 Å². The van der Waals surface area contributed by atoms with Crippen molar-refractivity contribution < 1.29 is 8.42 Å². The second-order valence-electron chi connectivity index (χ2n) is 5.92. The maximum atomic E-state index is 12.5. The van der Waals surface area contributed by atoms with Gasteiger partial charge < -0.3 is 5.32 Å². The molecule has 0 amide bonds. The molecule has 1 aliphatic rings. The minimum atomic E-state index is -3.37. The Morgan fingerprint density at radius 2 is 2.10 bits per heavy atom. The molecule has 0 aromatic carbocycles. The van der Waals surface area contributed by atoms with Gasteiger partial charge in [0.2, 0.25) is 10.0 Å². The van der Waals surface area contributed by atoms with Crippen molar-refractivity contribution in [1.82, 2.24) is 10.0 Å². The smallest absolute Gasteiger partial charge is 0.241 e. The van der Waals surface area contributed by atoms with E-state index in [0.29, 0.717) is 10.8 Å². The lowest BCUT2D eigenvalue weighted by Gasteiger charge is -2.29. The molecule has 2 N–H and O–H groups in total. The van der Waals surface area contributed by atoms with Crippen molar-refractivity contribution in [3.63, 3.8) is 0 Å². The van der Waals surface area contributed by atoms with E-state index < -0.39 is 10.0 Å². The normalized spacial score (nSPS) is 23.3. The van der Waals surface area contributed by atoms with Gasteiger partial charge in [-0.2, -0.15) is 0 Å². The van der Waals surface area contributed by atoms with Gasteiger partial charge in [0.1, 0.15) is 0 Å². The zero-order valence-electron chi connectivity index (χ0n) is 12.9. The fourth-order valence-corrected chi connectivity index (χ4v) is 5.36. The summed E-state index contributed by atoms with van der Waals surface area (Å²) < 4.78 is 27.8. The first kappa shape index (κ1) is 16.9. The Kier molecular flexibility index (Phi) is 6.22. The maximum absolute atomic E-state index is 12.5. The third kappa shape index (κ3) is 4.77. The predicted octanol–water partition coefficient (Wildman–Crippen LogP) is 3.10. The van der Waals surface area contributed by atoms with Crippen LogP contribution < -0.4 is 10.0 Å². The fourth-order valence-electron chi connectivity index (χ4n) is 2.74. The lowest BCUT2D eigenvalue weighted by Crippen LogP contribution is -2.40. The summed E-state index contributed by atoms with van der Waals surface area (Å²) in [6.07, 6.45) is 5.48. The van der Waals surface area contributed by atoms with E-state index in [2.05, 4.69) is 23.9 Å². The van der Waals surface area contributed by atoms with E-state index in [1.807, 2.05) is 0 Å². The third-order valence-electron chi connectivity index (χ3n) is 4.08. The zero-order chi connectivity index (χ0) is 15.3. The van der Waals surface area contributed by atoms with Gasteiger partial charge in [-0.05, 0) is 37.8 Å². The average molecular weight is 331 g/mol. The Labute approximate surface area is 132 Å². The molecule has 0 spiro atoms. The topological polar surface area (TPSA) is 58.2 Å². The van der Waals surface area contributed by atoms with Gasteiger partial charge in [-0.25, -0.2) is 13.1 Å². The van der Waals surface area contributed by atoms with Gasteiger partial charge in [0.25, 0.3) is 0 Å². The first-order valence-corrected chi connectivity index (χ1v) is 10.2.